The van der Waals surface area contributed by atoms with Gasteiger partial charge in [0.1, 0.15) is 5.82 Å². The zero-order valence-electron chi connectivity index (χ0n) is 17.1. The maximum Gasteiger partial charge on any atom is 0.225 e. The first kappa shape index (κ1) is 20.1. The number of nitrogens with zero attached hydrogens (tertiary/aromatic N) is 1. The van der Waals surface area contributed by atoms with Gasteiger partial charge in [0, 0.05) is 37.3 Å². The Labute approximate surface area is 175 Å². The molecule has 6 heteroatoms. The van der Waals surface area contributed by atoms with Crippen LogP contribution >= 0.6 is 0 Å². The molecule has 0 radical (unpaired) electrons. The van der Waals surface area contributed by atoms with Crippen LogP contribution in [0.4, 0.5) is 4.39 Å². The zero-order valence-corrected chi connectivity index (χ0v) is 17.1. The number of amides is 2. The molecule has 0 bridgehead atoms. The van der Waals surface area contributed by atoms with E-state index < -0.39 is 0 Å². The smallest absolute Gasteiger partial charge is 0.225 e. The standard InChI is InChI=1S/C24H26FN3O2/c1-16-11-20-12-18(5-7-22(20)27-16)14-26-24(30)19-6-8-23(29)28(15-19)10-9-17-3-2-4-21(25)13-17/h2-5,7,11-13,19,27H,6,8-10,14-15H2,1H3,(H,26,30)/t19-/m0/s1. The van der Waals surface area contributed by atoms with Gasteiger partial charge in [0.25, 0.3) is 0 Å². The van der Waals surface area contributed by atoms with Crippen molar-refractivity contribution in [3.8, 4) is 0 Å². The van der Waals surface area contributed by atoms with Crippen LogP contribution in [0.25, 0.3) is 10.9 Å². The number of fused-ring (bicyclic) bond motifs is 1. The Kier molecular flexibility index (Phi) is 5.84. The summed E-state index contributed by atoms with van der Waals surface area (Å²) in [6, 6.07) is 14.6. The minimum atomic E-state index is -0.275. The molecule has 1 aromatic heterocycles. The molecule has 0 saturated carbocycles. The first-order valence-electron chi connectivity index (χ1n) is 10.4. The summed E-state index contributed by atoms with van der Waals surface area (Å²) >= 11 is 0. The van der Waals surface area contributed by atoms with E-state index in [9.17, 15) is 14.0 Å². The highest BCUT2D eigenvalue weighted by Gasteiger charge is 2.29. The van der Waals surface area contributed by atoms with Crippen LogP contribution in [-0.2, 0) is 22.6 Å². The van der Waals surface area contributed by atoms with Crippen molar-refractivity contribution < 1.29 is 14.0 Å². The number of aryl methyl sites for hydroxylation is 1. The molecule has 0 unspecified atom stereocenters. The topological polar surface area (TPSA) is 65.2 Å². The van der Waals surface area contributed by atoms with E-state index in [-0.39, 0.29) is 23.5 Å². The summed E-state index contributed by atoms with van der Waals surface area (Å²) < 4.78 is 13.4. The van der Waals surface area contributed by atoms with Crippen LogP contribution < -0.4 is 5.32 Å². The van der Waals surface area contributed by atoms with Crippen LogP contribution in [0.15, 0.2) is 48.5 Å². The summed E-state index contributed by atoms with van der Waals surface area (Å²) in [5.41, 5.74) is 4.09. The summed E-state index contributed by atoms with van der Waals surface area (Å²) in [6.45, 7) is 3.39. The third-order valence-corrected chi connectivity index (χ3v) is 5.72. The van der Waals surface area contributed by atoms with Crippen LogP contribution in [0.3, 0.4) is 0 Å². The summed E-state index contributed by atoms with van der Waals surface area (Å²) in [6.07, 6.45) is 1.51. The van der Waals surface area contributed by atoms with Crippen LogP contribution in [0.1, 0.15) is 29.7 Å². The molecule has 2 amide bonds. The number of carbonyl (C=O) groups is 2. The molecular weight excluding hydrogens is 381 g/mol. The molecule has 1 aliphatic rings. The zero-order chi connectivity index (χ0) is 21.1. The van der Waals surface area contributed by atoms with E-state index in [1.165, 1.54) is 12.1 Å². The molecule has 3 aromatic rings. The van der Waals surface area contributed by atoms with Gasteiger partial charge in [0.2, 0.25) is 11.8 Å². The van der Waals surface area contributed by atoms with Crippen molar-refractivity contribution in [2.75, 3.05) is 13.1 Å². The monoisotopic (exact) mass is 407 g/mol. The third kappa shape index (κ3) is 4.70. The number of H-pyrrole nitrogens is 1. The van der Waals surface area contributed by atoms with Crippen LogP contribution in [0.2, 0.25) is 0 Å². The Balaban J connectivity index is 1.32. The molecular formula is C24H26FN3O2. The molecule has 1 aliphatic heterocycles. The van der Waals surface area contributed by atoms with E-state index in [0.717, 1.165) is 27.7 Å². The third-order valence-electron chi connectivity index (χ3n) is 5.72. The van der Waals surface area contributed by atoms with Gasteiger partial charge < -0.3 is 15.2 Å². The number of hydrogen-bond donors (Lipinski definition) is 2. The Morgan fingerprint density at radius 3 is 2.90 bits per heavy atom. The van der Waals surface area contributed by atoms with Crippen LogP contribution in [-0.4, -0.2) is 34.8 Å². The van der Waals surface area contributed by atoms with Gasteiger partial charge in [-0.1, -0.05) is 18.2 Å². The van der Waals surface area contributed by atoms with Gasteiger partial charge >= 0.3 is 0 Å². The van der Waals surface area contributed by atoms with Crippen molar-refractivity contribution >= 4 is 22.7 Å². The number of hydrogen-bond acceptors (Lipinski definition) is 2. The van der Waals surface area contributed by atoms with Crippen molar-refractivity contribution in [1.82, 2.24) is 15.2 Å². The molecule has 2 N–H and O–H groups in total. The Morgan fingerprint density at radius 2 is 2.07 bits per heavy atom. The summed E-state index contributed by atoms with van der Waals surface area (Å²) in [7, 11) is 0. The number of benzene rings is 2. The lowest BCUT2D eigenvalue weighted by atomic mass is 9.96. The Morgan fingerprint density at radius 1 is 1.20 bits per heavy atom. The van der Waals surface area contributed by atoms with Crippen molar-refractivity contribution in [3.63, 3.8) is 0 Å². The molecule has 2 heterocycles. The van der Waals surface area contributed by atoms with Gasteiger partial charge in [-0.25, -0.2) is 4.39 Å². The molecule has 1 atom stereocenters. The SMILES string of the molecule is Cc1cc2cc(CNC(=O)[C@H]3CCC(=O)N(CCc4cccc(F)c4)C3)ccc2[nH]1. The first-order valence-corrected chi connectivity index (χ1v) is 10.4. The molecule has 30 heavy (non-hydrogen) atoms. The van der Waals surface area contributed by atoms with Gasteiger partial charge in [-0.05, 0) is 66.6 Å². The first-order chi connectivity index (χ1) is 14.5. The largest absolute Gasteiger partial charge is 0.359 e. The van der Waals surface area contributed by atoms with E-state index in [1.807, 2.05) is 25.1 Å². The number of piperidine rings is 1. The average Bonchev–Trinajstić information content (AvgIpc) is 3.10. The molecule has 2 aromatic carbocycles. The number of rotatable bonds is 6. The number of aromatic nitrogens is 1. The highest BCUT2D eigenvalue weighted by atomic mass is 19.1. The maximum absolute atomic E-state index is 13.4. The fraction of sp³-hybridized carbons (Fsp3) is 0.333. The minimum absolute atomic E-state index is 0.0244. The Hall–Kier alpha value is -3.15. The van der Waals surface area contributed by atoms with Gasteiger partial charge in [0.05, 0.1) is 5.92 Å². The van der Waals surface area contributed by atoms with Crippen molar-refractivity contribution in [2.24, 2.45) is 5.92 Å². The predicted octanol–water partition coefficient (Wildman–Crippen LogP) is 3.71. The summed E-state index contributed by atoms with van der Waals surface area (Å²) in [4.78, 5) is 30.0. The predicted molar refractivity (Wildman–Crippen MR) is 114 cm³/mol. The van der Waals surface area contributed by atoms with E-state index >= 15 is 0 Å². The van der Waals surface area contributed by atoms with Gasteiger partial charge in [-0.2, -0.15) is 0 Å². The molecule has 1 saturated heterocycles. The van der Waals surface area contributed by atoms with Gasteiger partial charge in [0.15, 0.2) is 0 Å². The second kappa shape index (κ2) is 8.69. The van der Waals surface area contributed by atoms with E-state index in [1.54, 1.807) is 11.0 Å². The fourth-order valence-electron chi connectivity index (χ4n) is 4.07. The normalized spacial score (nSPS) is 16.8. The summed E-state index contributed by atoms with van der Waals surface area (Å²) in [5, 5.41) is 4.15. The molecule has 1 fully saturated rings. The minimum Gasteiger partial charge on any atom is -0.359 e. The van der Waals surface area contributed by atoms with Crippen molar-refractivity contribution in [3.05, 3.63) is 71.2 Å². The maximum atomic E-state index is 13.4. The molecule has 0 spiro atoms. The molecule has 4 rings (SSSR count). The number of halogens is 1. The van der Waals surface area contributed by atoms with Crippen molar-refractivity contribution in [1.29, 1.82) is 0 Å². The van der Waals surface area contributed by atoms with Crippen LogP contribution in [0, 0.1) is 18.7 Å². The lowest BCUT2D eigenvalue weighted by Gasteiger charge is -2.32. The fourth-order valence-corrected chi connectivity index (χ4v) is 4.07. The number of aromatic amines is 1. The second-order valence-electron chi connectivity index (χ2n) is 8.05. The van der Waals surface area contributed by atoms with E-state index in [4.69, 9.17) is 0 Å². The van der Waals surface area contributed by atoms with Crippen LogP contribution in [0.5, 0.6) is 0 Å². The highest BCUT2D eigenvalue weighted by molar-refractivity contribution is 5.84. The van der Waals surface area contributed by atoms with Gasteiger partial charge in [-0.3, -0.25) is 9.59 Å². The average molecular weight is 407 g/mol. The summed E-state index contributed by atoms with van der Waals surface area (Å²) in [5.74, 6) is -0.455. The number of likely N-dealkylation sites (tertiary alicyclic amines) is 1. The van der Waals surface area contributed by atoms with Gasteiger partial charge in [-0.15, -0.1) is 0 Å². The highest BCUT2D eigenvalue weighted by Crippen LogP contribution is 2.20. The lowest BCUT2D eigenvalue weighted by molar-refractivity contribution is -0.138. The lowest BCUT2D eigenvalue weighted by Crippen LogP contribution is -2.46. The number of carbonyl (C=O) groups excluding carboxylic acids is 2. The molecule has 156 valence electrons. The molecule has 0 aliphatic carbocycles. The second-order valence-corrected chi connectivity index (χ2v) is 8.05. The number of nitrogens with one attached hydrogen (secondary N) is 2. The molecule has 5 nitrogen and oxygen atoms in total. The quantitative estimate of drug-likeness (QED) is 0.654. The van der Waals surface area contributed by atoms with E-state index in [0.29, 0.717) is 38.9 Å². The van der Waals surface area contributed by atoms with Crippen molar-refractivity contribution in [2.45, 2.75) is 32.7 Å². The van der Waals surface area contributed by atoms with E-state index in [2.05, 4.69) is 22.4 Å². The Bertz CT molecular complexity index is 1080.